The monoisotopic (exact) mass is 324 g/mol. The average Bonchev–Trinajstić information content (AvgIpc) is 2.88. The Labute approximate surface area is 123 Å². The van der Waals surface area contributed by atoms with Gasteiger partial charge in [-0.15, -0.1) is 0 Å². The summed E-state index contributed by atoms with van der Waals surface area (Å²) >= 11 is 3.33. The molecule has 19 heavy (non-hydrogen) atoms. The summed E-state index contributed by atoms with van der Waals surface area (Å²) in [5.74, 6) is 0.638. The van der Waals surface area contributed by atoms with Crippen molar-refractivity contribution in [2.45, 2.75) is 45.6 Å². The van der Waals surface area contributed by atoms with Crippen LogP contribution in [-0.2, 0) is 0 Å². The Morgan fingerprint density at radius 1 is 1.47 bits per heavy atom. The zero-order valence-corrected chi connectivity index (χ0v) is 13.2. The number of hydrogen-bond acceptors (Lipinski definition) is 2. The minimum atomic E-state index is 0.142. The van der Waals surface area contributed by atoms with Gasteiger partial charge in [-0.2, -0.15) is 0 Å². The molecule has 1 amide bonds. The highest BCUT2D eigenvalue weighted by molar-refractivity contribution is 9.10. The topological polar surface area (TPSA) is 33.2 Å². The molecule has 0 unspecified atom stereocenters. The lowest BCUT2D eigenvalue weighted by Crippen LogP contribution is -2.41. The third kappa shape index (κ3) is 3.78. The molecule has 1 aliphatic carbocycles. The molecule has 1 aromatic rings. The highest BCUT2D eigenvalue weighted by Crippen LogP contribution is 2.26. The molecular formula is C15H21BrN2O. The minimum Gasteiger partial charge on any atom is -0.335 e. The lowest BCUT2D eigenvalue weighted by atomic mass is 10.1. The predicted molar refractivity (Wildman–Crippen MR) is 80.1 cm³/mol. The Hall–Kier alpha value is -0.900. The molecule has 0 aromatic carbocycles. The third-order valence-electron chi connectivity index (χ3n) is 3.56. The second-order valence-corrected chi connectivity index (χ2v) is 6.47. The minimum absolute atomic E-state index is 0.142. The fourth-order valence-electron chi connectivity index (χ4n) is 2.71. The molecule has 0 saturated heterocycles. The quantitative estimate of drug-likeness (QED) is 0.787. The highest BCUT2D eigenvalue weighted by Gasteiger charge is 2.27. The standard InChI is InChI=1S/C15H21BrN2O/c1-11(2)10-18(13-5-3-4-6-13)15(19)12-7-8-17-14(16)9-12/h7-9,11,13H,3-6,10H2,1-2H3. The molecule has 1 aliphatic rings. The molecule has 0 aliphatic heterocycles. The molecule has 1 aromatic heterocycles. The van der Waals surface area contributed by atoms with E-state index in [4.69, 9.17) is 0 Å². The fraction of sp³-hybridized carbons (Fsp3) is 0.600. The first kappa shape index (κ1) is 14.5. The van der Waals surface area contributed by atoms with Gasteiger partial charge in [-0.3, -0.25) is 4.79 Å². The number of carbonyl (C=O) groups is 1. The van der Waals surface area contributed by atoms with Gasteiger partial charge in [0.1, 0.15) is 4.60 Å². The van der Waals surface area contributed by atoms with Crippen LogP contribution in [0.4, 0.5) is 0 Å². The molecule has 1 heterocycles. The Kier molecular flexibility index (Phi) is 4.97. The van der Waals surface area contributed by atoms with Gasteiger partial charge in [0.15, 0.2) is 0 Å². The van der Waals surface area contributed by atoms with Crippen molar-refractivity contribution in [3.63, 3.8) is 0 Å². The summed E-state index contributed by atoms with van der Waals surface area (Å²) in [6.45, 7) is 5.17. The molecule has 0 N–H and O–H groups in total. The Morgan fingerprint density at radius 2 is 2.16 bits per heavy atom. The van der Waals surface area contributed by atoms with Gasteiger partial charge < -0.3 is 4.90 Å². The van der Waals surface area contributed by atoms with Crippen LogP contribution < -0.4 is 0 Å². The second-order valence-electron chi connectivity index (χ2n) is 5.66. The van der Waals surface area contributed by atoms with E-state index in [1.54, 1.807) is 12.3 Å². The molecule has 4 heteroatoms. The van der Waals surface area contributed by atoms with E-state index in [0.717, 1.165) is 24.9 Å². The smallest absolute Gasteiger partial charge is 0.254 e. The van der Waals surface area contributed by atoms with Gasteiger partial charge in [-0.1, -0.05) is 26.7 Å². The molecular weight excluding hydrogens is 304 g/mol. The van der Waals surface area contributed by atoms with Crippen LogP contribution in [0.5, 0.6) is 0 Å². The summed E-state index contributed by atoms with van der Waals surface area (Å²) < 4.78 is 0.717. The maximum Gasteiger partial charge on any atom is 0.254 e. The van der Waals surface area contributed by atoms with Gasteiger partial charge in [0.25, 0.3) is 5.91 Å². The first-order valence-corrected chi connectivity index (χ1v) is 7.79. The summed E-state index contributed by atoms with van der Waals surface area (Å²) in [5, 5.41) is 0. The van der Waals surface area contributed by atoms with Crippen molar-refractivity contribution in [2.75, 3.05) is 6.54 Å². The number of rotatable bonds is 4. The largest absolute Gasteiger partial charge is 0.335 e. The zero-order chi connectivity index (χ0) is 13.8. The maximum absolute atomic E-state index is 12.7. The molecule has 0 atom stereocenters. The van der Waals surface area contributed by atoms with Crippen LogP contribution in [0.15, 0.2) is 22.9 Å². The van der Waals surface area contributed by atoms with E-state index in [9.17, 15) is 4.79 Å². The van der Waals surface area contributed by atoms with Gasteiger partial charge >= 0.3 is 0 Å². The number of halogens is 1. The van der Waals surface area contributed by atoms with Crippen LogP contribution in [-0.4, -0.2) is 28.4 Å². The zero-order valence-electron chi connectivity index (χ0n) is 11.6. The normalized spacial score (nSPS) is 16.0. The number of aromatic nitrogens is 1. The number of carbonyl (C=O) groups excluding carboxylic acids is 1. The van der Waals surface area contributed by atoms with Gasteiger partial charge in [-0.05, 0) is 46.8 Å². The molecule has 1 fully saturated rings. The summed E-state index contributed by atoms with van der Waals surface area (Å²) in [7, 11) is 0. The van der Waals surface area contributed by atoms with Crippen LogP contribution >= 0.6 is 15.9 Å². The predicted octanol–water partition coefficient (Wildman–Crippen LogP) is 3.88. The summed E-state index contributed by atoms with van der Waals surface area (Å²) in [5.41, 5.74) is 0.731. The third-order valence-corrected chi connectivity index (χ3v) is 4.00. The summed E-state index contributed by atoms with van der Waals surface area (Å²) in [6, 6.07) is 4.03. The molecule has 1 saturated carbocycles. The summed E-state index contributed by atoms with van der Waals surface area (Å²) in [6.07, 6.45) is 6.45. The van der Waals surface area contributed by atoms with Crippen molar-refractivity contribution < 1.29 is 4.79 Å². The van der Waals surface area contributed by atoms with Crippen LogP contribution in [0.3, 0.4) is 0 Å². The van der Waals surface area contributed by atoms with E-state index < -0.39 is 0 Å². The van der Waals surface area contributed by atoms with Crippen molar-refractivity contribution in [1.29, 1.82) is 0 Å². The Morgan fingerprint density at radius 3 is 2.74 bits per heavy atom. The van der Waals surface area contributed by atoms with Crippen LogP contribution in [0.1, 0.15) is 49.9 Å². The van der Waals surface area contributed by atoms with Crippen LogP contribution in [0.2, 0.25) is 0 Å². The average molecular weight is 325 g/mol. The van der Waals surface area contributed by atoms with E-state index in [-0.39, 0.29) is 5.91 Å². The maximum atomic E-state index is 12.7. The van der Waals surface area contributed by atoms with Gasteiger partial charge in [0.2, 0.25) is 0 Å². The fourth-order valence-corrected chi connectivity index (χ4v) is 3.07. The number of hydrogen-bond donors (Lipinski definition) is 0. The first-order valence-electron chi connectivity index (χ1n) is 7.00. The van der Waals surface area contributed by atoms with E-state index >= 15 is 0 Å². The van der Waals surface area contributed by atoms with Crippen molar-refractivity contribution in [1.82, 2.24) is 9.88 Å². The van der Waals surface area contributed by atoms with Crippen LogP contribution in [0, 0.1) is 5.92 Å². The Balaban J connectivity index is 2.19. The number of nitrogens with zero attached hydrogens (tertiary/aromatic N) is 2. The van der Waals surface area contributed by atoms with E-state index in [1.807, 2.05) is 6.07 Å². The second kappa shape index (κ2) is 6.51. The van der Waals surface area contributed by atoms with E-state index in [0.29, 0.717) is 16.6 Å². The van der Waals surface area contributed by atoms with Crippen LogP contribution in [0.25, 0.3) is 0 Å². The Bertz CT molecular complexity index is 442. The van der Waals surface area contributed by atoms with Gasteiger partial charge in [0.05, 0.1) is 0 Å². The van der Waals surface area contributed by atoms with Gasteiger partial charge in [0, 0.05) is 24.3 Å². The van der Waals surface area contributed by atoms with Crippen molar-refractivity contribution in [2.24, 2.45) is 5.92 Å². The first-order chi connectivity index (χ1) is 9.08. The van der Waals surface area contributed by atoms with Crippen molar-refractivity contribution in [3.05, 3.63) is 28.5 Å². The van der Waals surface area contributed by atoms with Crippen molar-refractivity contribution in [3.8, 4) is 0 Å². The lowest BCUT2D eigenvalue weighted by molar-refractivity contribution is 0.0655. The highest BCUT2D eigenvalue weighted by atomic mass is 79.9. The number of amides is 1. The van der Waals surface area contributed by atoms with E-state index in [1.165, 1.54) is 12.8 Å². The molecule has 104 valence electrons. The lowest BCUT2D eigenvalue weighted by Gasteiger charge is -2.30. The molecule has 0 bridgehead atoms. The molecule has 0 spiro atoms. The molecule has 0 radical (unpaired) electrons. The SMILES string of the molecule is CC(C)CN(C(=O)c1ccnc(Br)c1)C1CCCC1. The van der Waals surface area contributed by atoms with Crippen molar-refractivity contribution >= 4 is 21.8 Å². The summed E-state index contributed by atoms with van der Waals surface area (Å²) in [4.78, 5) is 18.9. The molecule has 2 rings (SSSR count). The number of pyridine rings is 1. The molecule has 3 nitrogen and oxygen atoms in total. The van der Waals surface area contributed by atoms with Gasteiger partial charge in [-0.25, -0.2) is 4.98 Å². The van der Waals surface area contributed by atoms with E-state index in [2.05, 4.69) is 39.7 Å².